The first kappa shape index (κ1) is 20.3. The van der Waals surface area contributed by atoms with Crippen LogP contribution in [0.25, 0.3) is 0 Å². The molecule has 0 aliphatic rings. The number of nitrogens with one attached hydrogen (secondary N) is 1. The molecule has 144 valence electrons. The van der Waals surface area contributed by atoms with Crippen molar-refractivity contribution in [3.8, 4) is 11.5 Å². The van der Waals surface area contributed by atoms with Crippen molar-refractivity contribution in [2.45, 2.75) is 26.7 Å². The molecular weight excluding hydrogens is 346 g/mol. The first-order valence-corrected chi connectivity index (χ1v) is 9.05. The lowest BCUT2D eigenvalue weighted by molar-refractivity contribution is -0.118. The number of rotatable bonds is 10. The standard InChI is InChI=1S/C21H25NO5/c1-3-13-25-18-7-5-6-8-19(18)27-15-20(23)22-17-11-9-16(10-12-17)21(24)26-14-4-2/h5-12H,3-4,13-15H2,1-2H3,(H,22,23). The normalized spacial score (nSPS) is 10.1. The Bertz CT molecular complexity index is 742. The lowest BCUT2D eigenvalue weighted by Gasteiger charge is -2.12. The van der Waals surface area contributed by atoms with E-state index in [4.69, 9.17) is 14.2 Å². The van der Waals surface area contributed by atoms with E-state index in [0.717, 1.165) is 12.8 Å². The number of anilines is 1. The Morgan fingerprint density at radius 3 is 2.11 bits per heavy atom. The van der Waals surface area contributed by atoms with Crippen molar-refractivity contribution in [2.24, 2.45) is 0 Å². The molecule has 0 aromatic heterocycles. The summed E-state index contributed by atoms with van der Waals surface area (Å²) in [5.41, 5.74) is 1.02. The largest absolute Gasteiger partial charge is 0.490 e. The number of hydrogen-bond acceptors (Lipinski definition) is 5. The van der Waals surface area contributed by atoms with E-state index in [-0.39, 0.29) is 18.5 Å². The van der Waals surface area contributed by atoms with Crippen LogP contribution < -0.4 is 14.8 Å². The zero-order chi connectivity index (χ0) is 19.5. The molecule has 0 saturated carbocycles. The molecule has 1 N–H and O–H groups in total. The van der Waals surface area contributed by atoms with Crippen LogP contribution in [0.15, 0.2) is 48.5 Å². The second-order valence-corrected chi connectivity index (χ2v) is 5.85. The molecule has 0 fully saturated rings. The zero-order valence-corrected chi connectivity index (χ0v) is 15.7. The number of carbonyl (C=O) groups excluding carboxylic acids is 2. The summed E-state index contributed by atoms with van der Waals surface area (Å²) in [6.07, 6.45) is 1.66. The molecule has 2 aromatic carbocycles. The second-order valence-electron chi connectivity index (χ2n) is 5.85. The third-order valence-corrected chi connectivity index (χ3v) is 3.51. The van der Waals surface area contributed by atoms with E-state index in [1.165, 1.54) is 0 Å². The van der Waals surface area contributed by atoms with Crippen LogP contribution >= 0.6 is 0 Å². The van der Waals surface area contributed by atoms with Crippen LogP contribution in [0.3, 0.4) is 0 Å². The highest BCUT2D eigenvalue weighted by Gasteiger charge is 2.10. The predicted octanol–water partition coefficient (Wildman–Crippen LogP) is 4.06. The number of hydrogen-bond donors (Lipinski definition) is 1. The van der Waals surface area contributed by atoms with E-state index in [1.807, 2.05) is 26.0 Å². The maximum atomic E-state index is 12.1. The van der Waals surface area contributed by atoms with Crippen LogP contribution in [-0.2, 0) is 9.53 Å². The van der Waals surface area contributed by atoms with Gasteiger partial charge in [-0.2, -0.15) is 0 Å². The van der Waals surface area contributed by atoms with Gasteiger partial charge in [0.05, 0.1) is 18.8 Å². The maximum Gasteiger partial charge on any atom is 0.338 e. The minimum absolute atomic E-state index is 0.146. The van der Waals surface area contributed by atoms with Crippen molar-refractivity contribution < 1.29 is 23.8 Å². The lowest BCUT2D eigenvalue weighted by Crippen LogP contribution is -2.20. The Labute approximate surface area is 159 Å². The van der Waals surface area contributed by atoms with Crippen LogP contribution in [0.2, 0.25) is 0 Å². The fourth-order valence-electron chi connectivity index (χ4n) is 2.21. The summed E-state index contributed by atoms with van der Waals surface area (Å²) >= 11 is 0. The SMILES string of the molecule is CCCOC(=O)c1ccc(NC(=O)COc2ccccc2OCCC)cc1. The number of carbonyl (C=O) groups is 2. The van der Waals surface area contributed by atoms with Crippen LogP contribution in [0.4, 0.5) is 5.69 Å². The topological polar surface area (TPSA) is 73.9 Å². The van der Waals surface area contributed by atoms with E-state index in [9.17, 15) is 9.59 Å². The Hall–Kier alpha value is -3.02. The molecule has 27 heavy (non-hydrogen) atoms. The molecule has 0 spiro atoms. The molecule has 0 atom stereocenters. The summed E-state index contributed by atoms with van der Waals surface area (Å²) in [5, 5.41) is 2.73. The average Bonchev–Trinajstić information content (AvgIpc) is 2.70. The molecule has 6 nitrogen and oxygen atoms in total. The molecule has 2 aromatic rings. The van der Waals surface area contributed by atoms with Crippen molar-refractivity contribution in [3.05, 3.63) is 54.1 Å². The van der Waals surface area contributed by atoms with Gasteiger partial charge in [0.25, 0.3) is 5.91 Å². The number of para-hydroxylation sites is 2. The van der Waals surface area contributed by atoms with Gasteiger partial charge in [-0.05, 0) is 49.2 Å². The maximum absolute atomic E-state index is 12.1. The van der Waals surface area contributed by atoms with Crippen molar-refractivity contribution in [1.29, 1.82) is 0 Å². The van der Waals surface area contributed by atoms with Gasteiger partial charge in [-0.3, -0.25) is 4.79 Å². The Morgan fingerprint density at radius 1 is 0.852 bits per heavy atom. The van der Waals surface area contributed by atoms with Gasteiger partial charge in [-0.15, -0.1) is 0 Å². The van der Waals surface area contributed by atoms with Crippen molar-refractivity contribution >= 4 is 17.6 Å². The smallest absolute Gasteiger partial charge is 0.338 e. The molecule has 0 heterocycles. The molecular formula is C21H25NO5. The van der Waals surface area contributed by atoms with Crippen LogP contribution in [0.5, 0.6) is 11.5 Å². The lowest BCUT2D eigenvalue weighted by atomic mass is 10.2. The number of amides is 1. The monoisotopic (exact) mass is 371 g/mol. The van der Waals surface area contributed by atoms with E-state index in [0.29, 0.717) is 36.0 Å². The zero-order valence-electron chi connectivity index (χ0n) is 15.7. The molecule has 1 amide bonds. The molecule has 0 unspecified atom stereocenters. The van der Waals surface area contributed by atoms with Gasteiger partial charge in [0, 0.05) is 5.69 Å². The highest BCUT2D eigenvalue weighted by molar-refractivity contribution is 5.93. The minimum atomic E-state index is -0.373. The molecule has 0 bridgehead atoms. The third-order valence-electron chi connectivity index (χ3n) is 3.51. The van der Waals surface area contributed by atoms with Crippen molar-refractivity contribution in [3.63, 3.8) is 0 Å². The van der Waals surface area contributed by atoms with E-state index < -0.39 is 0 Å². The van der Waals surface area contributed by atoms with Gasteiger partial charge >= 0.3 is 5.97 Å². The first-order chi connectivity index (χ1) is 13.1. The molecule has 0 aliphatic heterocycles. The van der Waals surface area contributed by atoms with Gasteiger partial charge < -0.3 is 19.5 Å². The van der Waals surface area contributed by atoms with Crippen molar-refractivity contribution in [1.82, 2.24) is 0 Å². The van der Waals surface area contributed by atoms with E-state index >= 15 is 0 Å². The Morgan fingerprint density at radius 2 is 1.48 bits per heavy atom. The molecule has 0 aliphatic carbocycles. The fraction of sp³-hybridized carbons (Fsp3) is 0.333. The quantitative estimate of drug-likeness (QED) is 0.638. The van der Waals surface area contributed by atoms with Gasteiger partial charge in [0.2, 0.25) is 0 Å². The minimum Gasteiger partial charge on any atom is -0.490 e. The van der Waals surface area contributed by atoms with Gasteiger partial charge in [-0.1, -0.05) is 26.0 Å². The summed E-state index contributed by atoms with van der Waals surface area (Å²) in [7, 11) is 0. The van der Waals surface area contributed by atoms with Gasteiger partial charge in [0.15, 0.2) is 18.1 Å². The highest BCUT2D eigenvalue weighted by atomic mass is 16.5. The molecule has 2 rings (SSSR count). The Balaban J connectivity index is 1.86. The van der Waals surface area contributed by atoms with Gasteiger partial charge in [-0.25, -0.2) is 4.79 Å². The molecule has 6 heteroatoms. The van der Waals surface area contributed by atoms with Crippen LogP contribution in [0, 0.1) is 0 Å². The molecule has 0 saturated heterocycles. The van der Waals surface area contributed by atoms with E-state index in [1.54, 1.807) is 36.4 Å². The van der Waals surface area contributed by atoms with Crippen molar-refractivity contribution in [2.75, 3.05) is 25.1 Å². The third kappa shape index (κ3) is 6.66. The summed E-state index contributed by atoms with van der Waals surface area (Å²) in [6, 6.07) is 13.8. The average molecular weight is 371 g/mol. The second kappa shape index (κ2) is 10.9. The predicted molar refractivity (Wildman–Crippen MR) is 103 cm³/mol. The van der Waals surface area contributed by atoms with Crippen LogP contribution in [-0.4, -0.2) is 31.7 Å². The summed E-state index contributed by atoms with van der Waals surface area (Å²) < 4.78 is 16.2. The summed E-state index contributed by atoms with van der Waals surface area (Å²) in [6.45, 7) is 4.78. The number of ether oxygens (including phenoxy) is 3. The summed E-state index contributed by atoms with van der Waals surface area (Å²) in [5.74, 6) is 0.459. The van der Waals surface area contributed by atoms with Gasteiger partial charge in [0.1, 0.15) is 0 Å². The number of esters is 1. The highest BCUT2D eigenvalue weighted by Crippen LogP contribution is 2.26. The number of benzene rings is 2. The Kier molecular flexibility index (Phi) is 8.16. The molecule has 0 radical (unpaired) electrons. The fourth-order valence-corrected chi connectivity index (χ4v) is 2.21. The summed E-state index contributed by atoms with van der Waals surface area (Å²) in [4.78, 5) is 23.9. The first-order valence-electron chi connectivity index (χ1n) is 9.05. The van der Waals surface area contributed by atoms with Crippen LogP contribution in [0.1, 0.15) is 37.0 Å². The van der Waals surface area contributed by atoms with E-state index in [2.05, 4.69) is 5.32 Å².